The van der Waals surface area contributed by atoms with Crippen molar-refractivity contribution in [2.45, 2.75) is 52.5 Å². The molecule has 1 saturated heterocycles. The van der Waals surface area contributed by atoms with Gasteiger partial charge < -0.3 is 9.80 Å². The van der Waals surface area contributed by atoms with E-state index in [0.717, 1.165) is 18.5 Å². The standard InChI is InChI=1S/C19H28N2O2S/c1-4-16-9-15(12-24-16)19(23)20-8-7-18(22)21(10-14-5-6-14)17(11-20)13(2)3/h9,12-14,17H,4-8,10-11H2,1-3H3/t17-/m0/s1. The number of aryl methyl sites for hydroxylation is 1. The Kier molecular flexibility index (Phi) is 5.28. The maximum atomic E-state index is 12.9. The van der Waals surface area contributed by atoms with Gasteiger partial charge in [-0.3, -0.25) is 9.59 Å². The highest BCUT2D eigenvalue weighted by atomic mass is 32.1. The van der Waals surface area contributed by atoms with Gasteiger partial charge in [0.1, 0.15) is 0 Å². The van der Waals surface area contributed by atoms with Crippen LogP contribution in [0.5, 0.6) is 0 Å². The van der Waals surface area contributed by atoms with Crippen molar-refractivity contribution >= 4 is 23.2 Å². The van der Waals surface area contributed by atoms with Gasteiger partial charge >= 0.3 is 0 Å². The first kappa shape index (κ1) is 17.5. The third-order valence-corrected chi connectivity index (χ3v) is 6.26. The van der Waals surface area contributed by atoms with E-state index in [9.17, 15) is 9.59 Å². The average molecular weight is 349 g/mol. The zero-order valence-corrected chi connectivity index (χ0v) is 15.8. The van der Waals surface area contributed by atoms with Crippen LogP contribution in [0.1, 0.15) is 55.3 Å². The number of hydrogen-bond donors (Lipinski definition) is 0. The minimum absolute atomic E-state index is 0.0812. The normalized spacial score (nSPS) is 22.2. The number of carbonyl (C=O) groups excluding carboxylic acids is 2. The summed E-state index contributed by atoms with van der Waals surface area (Å²) in [5.41, 5.74) is 0.780. The minimum Gasteiger partial charge on any atom is -0.337 e. The van der Waals surface area contributed by atoms with Crippen LogP contribution in [0.15, 0.2) is 11.4 Å². The highest BCUT2D eigenvalue weighted by Crippen LogP contribution is 2.32. The molecule has 0 radical (unpaired) electrons. The van der Waals surface area contributed by atoms with E-state index in [2.05, 4.69) is 25.7 Å². The van der Waals surface area contributed by atoms with Crippen molar-refractivity contribution in [1.82, 2.24) is 9.80 Å². The molecule has 0 spiro atoms. The van der Waals surface area contributed by atoms with Crippen molar-refractivity contribution in [3.63, 3.8) is 0 Å². The second kappa shape index (κ2) is 7.26. The number of carbonyl (C=O) groups is 2. The number of thiophene rings is 1. The molecule has 0 aromatic carbocycles. The summed E-state index contributed by atoms with van der Waals surface area (Å²) in [6, 6.07) is 2.14. The van der Waals surface area contributed by atoms with Crippen LogP contribution in [-0.2, 0) is 11.2 Å². The van der Waals surface area contributed by atoms with Gasteiger partial charge in [0.15, 0.2) is 0 Å². The zero-order chi connectivity index (χ0) is 17.3. The quantitative estimate of drug-likeness (QED) is 0.818. The molecule has 1 aliphatic carbocycles. The van der Waals surface area contributed by atoms with Crippen LogP contribution in [-0.4, -0.2) is 47.3 Å². The lowest BCUT2D eigenvalue weighted by Gasteiger charge is -2.34. The minimum atomic E-state index is 0.0812. The molecule has 1 atom stereocenters. The second-order valence-electron chi connectivity index (χ2n) is 7.46. The lowest BCUT2D eigenvalue weighted by molar-refractivity contribution is -0.133. The lowest BCUT2D eigenvalue weighted by Crippen LogP contribution is -2.48. The molecule has 0 N–H and O–H groups in total. The van der Waals surface area contributed by atoms with E-state index in [1.54, 1.807) is 11.3 Å². The van der Waals surface area contributed by atoms with Gasteiger partial charge in [-0.25, -0.2) is 0 Å². The van der Waals surface area contributed by atoms with Gasteiger partial charge in [-0.2, -0.15) is 0 Å². The Morgan fingerprint density at radius 1 is 1.38 bits per heavy atom. The topological polar surface area (TPSA) is 40.6 Å². The van der Waals surface area contributed by atoms with Gasteiger partial charge in [0.2, 0.25) is 5.91 Å². The monoisotopic (exact) mass is 348 g/mol. The molecule has 0 bridgehead atoms. The molecule has 2 heterocycles. The van der Waals surface area contributed by atoms with Gasteiger partial charge in [-0.1, -0.05) is 20.8 Å². The van der Waals surface area contributed by atoms with Gasteiger partial charge in [0.05, 0.1) is 11.6 Å². The maximum Gasteiger partial charge on any atom is 0.254 e. The molecule has 5 heteroatoms. The van der Waals surface area contributed by atoms with Gasteiger partial charge in [-0.15, -0.1) is 11.3 Å². The summed E-state index contributed by atoms with van der Waals surface area (Å²) in [4.78, 5) is 30.7. The maximum absolute atomic E-state index is 12.9. The molecule has 2 aliphatic rings. The van der Waals surface area contributed by atoms with Gasteiger partial charge in [0.25, 0.3) is 5.91 Å². The van der Waals surface area contributed by atoms with Gasteiger partial charge in [-0.05, 0) is 37.2 Å². The Morgan fingerprint density at radius 3 is 2.71 bits per heavy atom. The first-order valence-electron chi connectivity index (χ1n) is 9.15. The van der Waals surface area contributed by atoms with E-state index in [1.807, 2.05) is 16.3 Å². The molecule has 1 aromatic rings. The van der Waals surface area contributed by atoms with Crippen molar-refractivity contribution < 1.29 is 9.59 Å². The predicted octanol–water partition coefficient (Wildman–Crippen LogP) is 3.42. The van der Waals surface area contributed by atoms with Crippen LogP contribution >= 0.6 is 11.3 Å². The highest BCUT2D eigenvalue weighted by Gasteiger charge is 2.36. The Labute approximate surface area is 148 Å². The smallest absolute Gasteiger partial charge is 0.254 e. The van der Waals surface area contributed by atoms with Crippen LogP contribution in [0.4, 0.5) is 0 Å². The predicted molar refractivity (Wildman–Crippen MR) is 97.3 cm³/mol. The summed E-state index contributed by atoms with van der Waals surface area (Å²) in [7, 11) is 0. The van der Waals surface area contributed by atoms with Crippen LogP contribution < -0.4 is 0 Å². The van der Waals surface area contributed by atoms with E-state index < -0.39 is 0 Å². The van der Waals surface area contributed by atoms with Gasteiger partial charge in [0, 0.05) is 36.3 Å². The van der Waals surface area contributed by atoms with Crippen LogP contribution in [0.2, 0.25) is 0 Å². The molecule has 24 heavy (non-hydrogen) atoms. The van der Waals surface area contributed by atoms with E-state index in [0.29, 0.717) is 31.3 Å². The summed E-state index contributed by atoms with van der Waals surface area (Å²) in [5, 5.41) is 1.96. The zero-order valence-electron chi connectivity index (χ0n) is 15.0. The average Bonchev–Trinajstić information content (AvgIpc) is 3.28. The van der Waals surface area contributed by atoms with Crippen LogP contribution in [0, 0.1) is 11.8 Å². The molecular weight excluding hydrogens is 320 g/mol. The van der Waals surface area contributed by atoms with E-state index in [4.69, 9.17) is 0 Å². The summed E-state index contributed by atoms with van der Waals surface area (Å²) >= 11 is 1.65. The SMILES string of the molecule is CCc1cc(C(=O)N2CCC(=O)N(CC3CC3)[C@H](C(C)C)C2)cs1. The molecule has 3 rings (SSSR count). The molecule has 1 aromatic heterocycles. The highest BCUT2D eigenvalue weighted by molar-refractivity contribution is 7.10. The molecule has 2 fully saturated rings. The van der Waals surface area contributed by atoms with Crippen LogP contribution in [0.3, 0.4) is 0 Å². The van der Waals surface area contributed by atoms with E-state index in [-0.39, 0.29) is 17.9 Å². The Morgan fingerprint density at radius 2 is 2.12 bits per heavy atom. The molecular formula is C19H28N2O2S. The number of rotatable bonds is 5. The van der Waals surface area contributed by atoms with E-state index in [1.165, 1.54) is 17.7 Å². The molecule has 1 aliphatic heterocycles. The fourth-order valence-electron chi connectivity index (χ4n) is 3.41. The molecule has 0 unspecified atom stereocenters. The van der Waals surface area contributed by atoms with Crippen LogP contribution in [0.25, 0.3) is 0 Å². The first-order valence-corrected chi connectivity index (χ1v) is 10.0. The van der Waals surface area contributed by atoms with Crippen molar-refractivity contribution in [3.05, 3.63) is 21.9 Å². The summed E-state index contributed by atoms with van der Waals surface area (Å²) < 4.78 is 0. The molecule has 4 nitrogen and oxygen atoms in total. The Balaban J connectivity index is 1.77. The van der Waals surface area contributed by atoms with Crippen molar-refractivity contribution in [2.24, 2.45) is 11.8 Å². The fourth-order valence-corrected chi connectivity index (χ4v) is 4.22. The number of nitrogens with zero attached hydrogens (tertiary/aromatic N) is 2. The fraction of sp³-hybridized carbons (Fsp3) is 0.684. The summed E-state index contributed by atoms with van der Waals surface area (Å²) in [6.45, 7) is 8.50. The second-order valence-corrected chi connectivity index (χ2v) is 8.45. The van der Waals surface area contributed by atoms with Crippen molar-refractivity contribution in [3.8, 4) is 0 Å². The van der Waals surface area contributed by atoms with E-state index >= 15 is 0 Å². The summed E-state index contributed by atoms with van der Waals surface area (Å²) in [5.74, 6) is 1.34. The molecule has 1 saturated carbocycles. The molecule has 132 valence electrons. The van der Waals surface area contributed by atoms with Crippen molar-refractivity contribution in [2.75, 3.05) is 19.6 Å². The molecule has 2 amide bonds. The lowest BCUT2D eigenvalue weighted by atomic mass is 10.0. The Hall–Kier alpha value is -1.36. The summed E-state index contributed by atoms with van der Waals surface area (Å²) in [6.07, 6.45) is 3.89. The third-order valence-electron chi connectivity index (χ3n) is 5.18. The first-order chi connectivity index (χ1) is 11.5. The number of amides is 2. The third kappa shape index (κ3) is 3.82. The largest absolute Gasteiger partial charge is 0.337 e. The Bertz CT molecular complexity index is 606. The number of hydrogen-bond acceptors (Lipinski definition) is 3. The van der Waals surface area contributed by atoms with Crippen molar-refractivity contribution in [1.29, 1.82) is 0 Å².